The molecule has 29 heavy (non-hydrogen) atoms. The molecule has 0 spiro atoms. The third-order valence-corrected chi connectivity index (χ3v) is 5.84. The molecule has 1 aromatic heterocycles. The molecule has 1 heterocycles. The van der Waals surface area contributed by atoms with Gasteiger partial charge in [0.2, 0.25) is 15.9 Å². The number of urea groups is 1. The summed E-state index contributed by atoms with van der Waals surface area (Å²) >= 11 is 12.1. The van der Waals surface area contributed by atoms with Crippen molar-refractivity contribution in [2.75, 3.05) is 12.3 Å². The van der Waals surface area contributed by atoms with E-state index in [1.54, 1.807) is 32.2 Å². The predicted octanol–water partition coefficient (Wildman–Crippen LogP) is 3.80. The van der Waals surface area contributed by atoms with Crippen LogP contribution >= 0.6 is 23.2 Å². The lowest BCUT2D eigenvalue weighted by molar-refractivity contribution is 0.245. The van der Waals surface area contributed by atoms with Gasteiger partial charge in [-0.1, -0.05) is 36.5 Å². The van der Waals surface area contributed by atoms with E-state index in [-0.39, 0.29) is 12.2 Å². The average molecular weight is 463 g/mol. The first-order valence-electron chi connectivity index (χ1n) is 9.06. The zero-order valence-electron chi connectivity index (χ0n) is 16.5. The van der Waals surface area contributed by atoms with Crippen molar-refractivity contribution in [1.29, 1.82) is 0 Å². The van der Waals surface area contributed by atoms with Crippen LogP contribution in [0.1, 0.15) is 31.0 Å². The molecule has 0 aliphatic heterocycles. The number of nitrogens with one attached hydrogen (secondary N) is 2. The number of ether oxygens (including phenoxy) is 1. The summed E-state index contributed by atoms with van der Waals surface area (Å²) in [5, 5.41) is 7.60. The van der Waals surface area contributed by atoms with Crippen LogP contribution in [0.25, 0.3) is 0 Å². The van der Waals surface area contributed by atoms with E-state index >= 15 is 0 Å². The van der Waals surface area contributed by atoms with Crippen molar-refractivity contribution in [2.24, 2.45) is 7.05 Å². The lowest BCUT2D eigenvalue weighted by atomic mass is 10.2. The molecule has 0 radical (unpaired) electrons. The summed E-state index contributed by atoms with van der Waals surface area (Å²) in [6.45, 7) is 4.14. The van der Waals surface area contributed by atoms with Crippen molar-refractivity contribution in [3.05, 3.63) is 39.5 Å². The lowest BCUT2D eigenvalue weighted by Crippen LogP contribution is -2.41. The Balaban J connectivity index is 2.10. The van der Waals surface area contributed by atoms with Crippen LogP contribution in [-0.2, 0) is 23.5 Å². The number of unbranched alkanes of at least 4 members (excludes halogenated alkanes) is 1. The molecule has 0 unspecified atom stereocenters. The molecule has 2 aromatic rings. The zero-order valence-corrected chi connectivity index (χ0v) is 18.8. The number of aryl methyl sites for hydroxylation is 2. The first-order valence-corrected chi connectivity index (χ1v) is 11.5. The Morgan fingerprint density at radius 3 is 2.69 bits per heavy atom. The Bertz CT molecular complexity index is 976. The van der Waals surface area contributed by atoms with Crippen LogP contribution in [0.15, 0.2) is 18.2 Å². The number of sulfonamides is 1. The van der Waals surface area contributed by atoms with Crippen molar-refractivity contribution >= 4 is 39.3 Å². The highest BCUT2D eigenvalue weighted by Gasteiger charge is 2.21. The van der Waals surface area contributed by atoms with Crippen LogP contribution in [0.4, 0.5) is 4.79 Å². The van der Waals surface area contributed by atoms with Gasteiger partial charge in [0.1, 0.15) is 5.75 Å². The van der Waals surface area contributed by atoms with Crippen molar-refractivity contribution in [3.63, 3.8) is 0 Å². The SMILES string of the molecule is CCCCNC(=O)NS(=O)(=O)CCc1c(C)nn(C)c1Oc1ccc(Cl)cc1Cl. The number of benzene rings is 1. The highest BCUT2D eigenvalue weighted by molar-refractivity contribution is 7.90. The highest BCUT2D eigenvalue weighted by Crippen LogP contribution is 2.34. The van der Waals surface area contributed by atoms with Gasteiger partial charge in [-0.2, -0.15) is 5.10 Å². The second-order valence-electron chi connectivity index (χ2n) is 6.45. The minimum Gasteiger partial charge on any atom is -0.437 e. The third kappa shape index (κ3) is 6.80. The van der Waals surface area contributed by atoms with Gasteiger partial charge >= 0.3 is 6.03 Å². The first kappa shape index (κ1) is 23.3. The number of carbonyl (C=O) groups excluding carboxylic acids is 1. The van der Waals surface area contributed by atoms with Crippen molar-refractivity contribution in [3.8, 4) is 11.6 Å². The van der Waals surface area contributed by atoms with Crippen molar-refractivity contribution in [1.82, 2.24) is 19.8 Å². The molecular weight excluding hydrogens is 439 g/mol. The van der Waals surface area contributed by atoms with Crippen LogP contribution in [0.2, 0.25) is 10.0 Å². The molecule has 0 atom stereocenters. The van der Waals surface area contributed by atoms with E-state index in [2.05, 4.69) is 10.4 Å². The van der Waals surface area contributed by atoms with Crippen LogP contribution < -0.4 is 14.8 Å². The lowest BCUT2D eigenvalue weighted by Gasteiger charge is -2.11. The topological polar surface area (TPSA) is 102 Å². The van der Waals surface area contributed by atoms with Crippen LogP contribution in [0.5, 0.6) is 11.6 Å². The zero-order chi connectivity index (χ0) is 21.6. The number of halogens is 2. The van der Waals surface area contributed by atoms with Gasteiger partial charge in [-0.3, -0.25) is 0 Å². The molecule has 0 aliphatic rings. The van der Waals surface area contributed by atoms with Gasteiger partial charge < -0.3 is 10.1 Å². The van der Waals surface area contributed by atoms with E-state index < -0.39 is 16.1 Å². The number of aromatic nitrogens is 2. The predicted molar refractivity (Wildman–Crippen MR) is 113 cm³/mol. The number of carbonyl (C=O) groups is 1. The summed E-state index contributed by atoms with van der Waals surface area (Å²) in [6.07, 6.45) is 1.78. The highest BCUT2D eigenvalue weighted by atomic mass is 35.5. The summed E-state index contributed by atoms with van der Waals surface area (Å²) in [4.78, 5) is 11.7. The largest absolute Gasteiger partial charge is 0.437 e. The molecule has 2 rings (SSSR count). The molecule has 0 aliphatic carbocycles. The first-order chi connectivity index (χ1) is 13.6. The molecule has 2 amide bonds. The van der Waals surface area contributed by atoms with Crippen LogP contribution in [0.3, 0.4) is 0 Å². The Labute approximate surface area is 180 Å². The molecule has 0 saturated heterocycles. The maximum Gasteiger partial charge on any atom is 0.328 e. The Morgan fingerprint density at radius 2 is 2.03 bits per heavy atom. The number of hydrogen-bond donors (Lipinski definition) is 2. The van der Waals surface area contributed by atoms with E-state index in [4.69, 9.17) is 27.9 Å². The molecule has 0 saturated carbocycles. The van der Waals surface area contributed by atoms with Crippen LogP contribution in [-0.4, -0.2) is 36.5 Å². The van der Waals surface area contributed by atoms with E-state index in [1.807, 2.05) is 11.6 Å². The molecule has 2 N–H and O–H groups in total. The molecule has 0 bridgehead atoms. The van der Waals surface area contributed by atoms with E-state index in [9.17, 15) is 13.2 Å². The van der Waals surface area contributed by atoms with Crippen LogP contribution in [0, 0.1) is 6.92 Å². The summed E-state index contributed by atoms with van der Waals surface area (Å²) < 4.78 is 33.9. The van der Waals surface area contributed by atoms with Gasteiger partial charge in [-0.15, -0.1) is 0 Å². The third-order valence-electron chi connectivity index (χ3n) is 4.07. The number of rotatable bonds is 9. The van der Waals surface area contributed by atoms with Gasteiger partial charge in [0.25, 0.3) is 0 Å². The van der Waals surface area contributed by atoms with Gasteiger partial charge in [0.05, 0.1) is 16.5 Å². The second kappa shape index (κ2) is 10.2. The smallest absolute Gasteiger partial charge is 0.328 e. The monoisotopic (exact) mass is 462 g/mol. The molecule has 11 heteroatoms. The van der Waals surface area contributed by atoms with Crippen molar-refractivity contribution < 1.29 is 17.9 Å². The molecular formula is C18H24Cl2N4O4S. The summed E-state index contributed by atoms with van der Waals surface area (Å²) in [6, 6.07) is 4.07. The molecule has 8 nitrogen and oxygen atoms in total. The van der Waals surface area contributed by atoms with Crippen molar-refractivity contribution in [2.45, 2.75) is 33.1 Å². The van der Waals surface area contributed by atoms with Gasteiger partial charge in [-0.25, -0.2) is 22.6 Å². The number of hydrogen-bond acceptors (Lipinski definition) is 5. The Hall–Kier alpha value is -1.97. The van der Waals surface area contributed by atoms with Gasteiger partial charge in [0, 0.05) is 24.2 Å². The summed E-state index contributed by atoms with van der Waals surface area (Å²) in [7, 11) is -2.14. The van der Waals surface area contributed by atoms with Gasteiger partial charge in [-0.05, 0) is 38.0 Å². The maximum atomic E-state index is 12.3. The quantitative estimate of drug-likeness (QED) is 0.551. The standard InChI is InChI=1S/C18H24Cl2N4O4S/c1-4-5-9-21-18(25)23-29(26,27)10-8-14-12(2)22-24(3)17(14)28-16-7-6-13(19)11-15(16)20/h6-7,11H,4-5,8-10H2,1-3H3,(H2,21,23,25). The normalized spacial score (nSPS) is 11.3. The molecule has 1 aromatic carbocycles. The number of nitrogens with zero attached hydrogens (tertiary/aromatic N) is 2. The van der Waals surface area contributed by atoms with Gasteiger partial charge in [0.15, 0.2) is 0 Å². The maximum absolute atomic E-state index is 12.3. The molecule has 0 fully saturated rings. The number of amides is 2. The minimum absolute atomic E-state index is 0.109. The minimum atomic E-state index is -3.83. The fourth-order valence-electron chi connectivity index (χ4n) is 2.60. The van der Waals surface area contributed by atoms with E-state index in [0.717, 1.165) is 12.8 Å². The Kier molecular flexibility index (Phi) is 8.18. The summed E-state index contributed by atoms with van der Waals surface area (Å²) in [5.41, 5.74) is 1.23. The Morgan fingerprint density at radius 1 is 1.31 bits per heavy atom. The molecule has 160 valence electrons. The fraction of sp³-hybridized carbons (Fsp3) is 0.444. The second-order valence-corrected chi connectivity index (χ2v) is 9.14. The summed E-state index contributed by atoms with van der Waals surface area (Å²) in [5.74, 6) is 0.441. The van der Waals surface area contributed by atoms with E-state index in [0.29, 0.717) is 39.5 Å². The average Bonchev–Trinajstić information content (AvgIpc) is 2.88. The van der Waals surface area contributed by atoms with E-state index in [1.165, 1.54) is 4.68 Å². The fourth-order valence-corrected chi connectivity index (χ4v) is 3.98.